The second kappa shape index (κ2) is 5.39. The van der Waals surface area contributed by atoms with Gasteiger partial charge in [0, 0.05) is 5.69 Å². The van der Waals surface area contributed by atoms with E-state index in [1.165, 1.54) is 6.92 Å². The van der Waals surface area contributed by atoms with Gasteiger partial charge in [0.25, 0.3) is 17.4 Å². The van der Waals surface area contributed by atoms with Gasteiger partial charge in [0.2, 0.25) is 0 Å². The van der Waals surface area contributed by atoms with Gasteiger partial charge in [0.15, 0.2) is 0 Å². The fourth-order valence-electron chi connectivity index (χ4n) is 2.34. The van der Waals surface area contributed by atoms with Gasteiger partial charge in [-0.25, -0.2) is 4.98 Å². The van der Waals surface area contributed by atoms with Gasteiger partial charge in [-0.1, -0.05) is 12.1 Å². The molecule has 2 heterocycles. The maximum absolute atomic E-state index is 12.6. The maximum Gasteiger partial charge on any atom is 0.279 e. The highest BCUT2D eigenvalue weighted by atomic mass is 16.5. The summed E-state index contributed by atoms with van der Waals surface area (Å²) in [4.78, 5) is 29.1. The van der Waals surface area contributed by atoms with Crippen molar-refractivity contribution in [3.8, 4) is 5.75 Å². The Kier molecular flexibility index (Phi) is 3.52. The van der Waals surface area contributed by atoms with E-state index in [0.717, 1.165) is 11.3 Å². The van der Waals surface area contributed by atoms with E-state index in [0.29, 0.717) is 17.3 Å². The van der Waals surface area contributed by atoms with Crippen molar-refractivity contribution in [2.24, 2.45) is 0 Å². The fourth-order valence-corrected chi connectivity index (χ4v) is 2.34. The van der Waals surface area contributed by atoms with Crippen molar-refractivity contribution < 1.29 is 14.3 Å². The summed E-state index contributed by atoms with van der Waals surface area (Å²) in [6.07, 6.45) is 0. The monoisotopic (exact) mass is 311 g/mol. The van der Waals surface area contributed by atoms with E-state index < -0.39 is 17.4 Å². The molecule has 0 spiro atoms. The quantitative estimate of drug-likeness (QED) is 0.835. The van der Waals surface area contributed by atoms with E-state index >= 15 is 0 Å². The standard InChI is InChI=1S/C17H17N3O3/c1-10-7-8-13-12(9-10)19-15(21)17(3,23-13)16(22)20-14-6-4-5-11(2)18-14/h4-9H,1-3H3,(H,19,21)(H,18,20,22)/t17-/m0/s1. The molecule has 0 radical (unpaired) electrons. The van der Waals surface area contributed by atoms with Crippen LogP contribution in [0, 0.1) is 13.8 Å². The number of fused-ring (bicyclic) bond motifs is 1. The molecule has 0 fully saturated rings. The van der Waals surface area contributed by atoms with Crippen molar-refractivity contribution in [1.29, 1.82) is 0 Å². The molecule has 0 saturated heterocycles. The number of nitrogens with one attached hydrogen (secondary N) is 2. The second-order valence-corrected chi connectivity index (χ2v) is 5.71. The third kappa shape index (κ3) is 2.75. The maximum atomic E-state index is 12.6. The molecule has 1 atom stereocenters. The van der Waals surface area contributed by atoms with Crippen LogP contribution in [0.5, 0.6) is 5.75 Å². The Balaban J connectivity index is 1.87. The van der Waals surface area contributed by atoms with Gasteiger partial charge in [0.05, 0.1) is 5.69 Å². The van der Waals surface area contributed by atoms with Crippen molar-refractivity contribution in [1.82, 2.24) is 4.98 Å². The number of nitrogens with zero attached hydrogens (tertiary/aromatic N) is 1. The third-order valence-electron chi connectivity index (χ3n) is 3.69. The highest BCUT2D eigenvalue weighted by molar-refractivity contribution is 6.18. The molecular formula is C17H17N3O3. The molecule has 0 bridgehead atoms. The Labute approximate surface area is 133 Å². The van der Waals surface area contributed by atoms with Crippen LogP contribution in [0.15, 0.2) is 36.4 Å². The largest absolute Gasteiger partial charge is 0.466 e. The van der Waals surface area contributed by atoms with Gasteiger partial charge in [-0.3, -0.25) is 9.59 Å². The minimum atomic E-state index is -1.66. The first-order valence-electron chi connectivity index (χ1n) is 7.25. The van der Waals surface area contributed by atoms with Crippen LogP contribution in [0.4, 0.5) is 11.5 Å². The molecule has 0 unspecified atom stereocenters. The number of rotatable bonds is 2. The molecule has 6 heteroatoms. The lowest BCUT2D eigenvalue weighted by Crippen LogP contribution is -2.56. The minimum Gasteiger partial charge on any atom is -0.466 e. The molecule has 0 aliphatic carbocycles. The summed E-state index contributed by atoms with van der Waals surface area (Å²) in [6.45, 7) is 5.17. The molecule has 118 valence electrons. The molecule has 1 aliphatic rings. The zero-order chi connectivity index (χ0) is 16.6. The molecule has 2 N–H and O–H groups in total. The number of benzene rings is 1. The highest BCUT2D eigenvalue weighted by Crippen LogP contribution is 2.34. The molecule has 2 amide bonds. The van der Waals surface area contributed by atoms with Crippen molar-refractivity contribution in [3.63, 3.8) is 0 Å². The first-order valence-corrected chi connectivity index (χ1v) is 7.25. The van der Waals surface area contributed by atoms with Gasteiger partial charge >= 0.3 is 0 Å². The lowest BCUT2D eigenvalue weighted by Gasteiger charge is -2.33. The van der Waals surface area contributed by atoms with Crippen LogP contribution in [-0.2, 0) is 9.59 Å². The molecule has 0 saturated carbocycles. The van der Waals surface area contributed by atoms with Gasteiger partial charge in [0.1, 0.15) is 11.6 Å². The molecule has 2 aromatic rings. The van der Waals surface area contributed by atoms with Gasteiger partial charge in [-0.05, 0) is 50.6 Å². The first kappa shape index (κ1) is 15.0. The summed E-state index contributed by atoms with van der Waals surface area (Å²) in [5.74, 6) is -0.243. The molecule has 6 nitrogen and oxygen atoms in total. The van der Waals surface area contributed by atoms with Crippen LogP contribution in [0.25, 0.3) is 0 Å². The summed E-state index contributed by atoms with van der Waals surface area (Å²) < 4.78 is 5.70. The smallest absolute Gasteiger partial charge is 0.279 e. The van der Waals surface area contributed by atoms with E-state index in [1.54, 1.807) is 24.3 Å². The number of amides is 2. The van der Waals surface area contributed by atoms with Crippen LogP contribution >= 0.6 is 0 Å². The van der Waals surface area contributed by atoms with E-state index in [4.69, 9.17) is 4.74 Å². The van der Waals surface area contributed by atoms with E-state index in [2.05, 4.69) is 15.6 Å². The average Bonchev–Trinajstić information content (AvgIpc) is 2.49. The number of hydrogen-bond acceptors (Lipinski definition) is 4. The Morgan fingerprint density at radius 1 is 1.26 bits per heavy atom. The van der Waals surface area contributed by atoms with Gasteiger partial charge in [-0.2, -0.15) is 0 Å². The average molecular weight is 311 g/mol. The number of carbonyl (C=O) groups is 2. The molecule has 1 aromatic carbocycles. The zero-order valence-corrected chi connectivity index (χ0v) is 13.1. The molecule has 23 heavy (non-hydrogen) atoms. The number of ether oxygens (including phenoxy) is 1. The third-order valence-corrected chi connectivity index (χ3v) is 3.69. The topological polar surface area (TPSA) is 80.3 Å². The van der Waals surface area contributed by atoms with Crippen molar-refractivity contribution >= 4 is 23.3 Å². The number of anilines is 2. The van der Waals surface area contributed by atoms with Crippen LogP contribution in [0.2, 0.25) is 0 Å². The minimum absolute atomic E-state index is 0.377. The number of hydrogen-bond donors (Lipinski definition) is 2. The summed E-state index contributed by atoms with van der Waals surface area (Å²) in [5, 5.41) is 5.35. The van der Waals surface area contributed by atoms with E-state index in [9.17, 15) is 9.59 Å². The summed E-state index contributed by atoms with van der Waals surface area (Å²) in [6, 6.07) is 10.6. The summed E-state index contributed by atoms with van der Waals surface area (Å²) in [7, 11) is 0. The van der Waals surface area contributed by atoms with Crippen LogP contribution < -0.4 is 15.4 Å². The Morgan fingerprint density at radius 2 is 2.04 bits per heavy atom. The Morgan fingerprint density at radius 3 is 2.78 bits per heavy atom. The predicted octanol–water partition coefficient (Wildman–Crippen LogP) is 2.43. The highest BCUT2D eigenvalue weighted by Gasteiger charge is 2.47. The molecule has 3 rings (SSSR count). The number of aromatic nitrogens is 1. The second-order valence-electron chi connectivity index (χ2n) is 5.71. The fraction of sp³-hybridized carbons (Fsp3) is 0.235. The summed E-state index contributed by atoms with van der Waals surface area (Å²) in [5.41, 5.74) is 0.662. The predicted molar refractivity (Wildman–Crippen MR) is 86.4 cm³/mol. The molecule has 1 aromatic heterocycles. The van der Waals surface area contributed by atoms with Crippen molar-refractivity contribution in [2.75, 3.05) is 10.6 Å². The first-order chi connectivity index (χ1) is 10.9. The lowest BCUT2D eigenvalue weighted by atomic mass is 10.0. The van der Waals surface area contributed by atoms with E-state index in [1.807, 2.05) is 26.0 Å². The summed E-state index contributed by atoms with van der Waals surface area (Å²) >= 11 is 0. The van der Waals surface area contributed by atoms with Crippen LogP contribution in [-0.4, -0.2) is 22.4 Å². The Hall–Kier alpha value is -2.89. The number of aryl methyl sites for hydroxylation is 2. The van der Waals surface area contributed by atoms with Crippen molar-refractivity contribution in [2.45, 2.75) is 26.4 Å². The SMILES string of the molecule is Cc1ccc2c(c1)NC(=O)[C@@](C)(C(=O)Nc1cccc(C)n1)O2. The van der Waals surface area contributed by atoms with Gasteiger partial charge < -0.3 is 15.4 Å². The zero-order valence-electron chi connectivity index (χ0n) is 13.1. The number of pyridine rings is 1. The Bertz CT molecular complexity index is 803. The van der Waals surface area contributed by atoms with Crippen molar-refractivity contribution in [3.05, 3.63) is 47.7 Å². The number of carbonyl (C=O) groups excluding carboxylic acids is 2. The molecule has 1 aliphatic heterocycles. The van der Waals surface area contributed by atoms with Crippen LogP contribution in [0.1, 0.15) is 18.2 Å². The van der Waals surface area contributed by atoms with Gasteiger partial charge in [-0.15, -0.1) is 0 Å². The lowest BCUT2D eigenvalue weighted by molar-refractivity contribution is -0.143. The normalized spacial score (nSPS) is 19.3. The molecular weight excluding hydrogens is 294 g/mol. The van der Waals surface area contributed by atoms with E-state index in [-0.39, 0.29) is 0 Å². The van der Waals surface area contributed by atoms with Crippen LogP contribution in [0.3, 0.4) is 0 Å².